The van der Waals surface area contributed by atoms with Crippen LogP contribution in [0.25, 0.3) is 0 Å². The van der Waals surface area contributed by atoms with Crippen LogP contribution in [0, 0.1) is 41.4 Å². The molecule has 0 aromatic heterocycles. The van der Waals surface area contributed by atoms with E-state index in [9.17, 15) is 0 Å². The van der Waals surface area contributed by atoms with Crippen LogP contribution in [0.1, 0.15) is 91.9 Å². The first-order valence-electron chi connectivity index (χ1n) is 17.1. The van der Waals surface area contributed by atoms with Gasteiger partial charge in [0.1, 0.15) is 0 Å². The van der Waals surface area contributed by atoms with Crippen molar-refractivity contribution in [3.05, 3.63) is 0 Å². The van der Waals surface area contributed by atoms with Crippen LogP contribution >= 0.6 is 0 Å². The monoisotopic (exact) mass is 544 g/mol. The number of nitrogens with zero attached hydrogens (tertiary/aromatic N) is 2. The van der Waals surface area contributed by atoms with E-state index in [4.69, 9.17) is 9.47 Å². The van der Waals surface area contributed by atoms with Crippen molar-refractivity contribution in [2.24, 2.45) is 41.4 Å². The minimum atomic E-state index is 0.399. The molecule has 10 atom stereocenters. The molecular formula is C33H60N4O2. The normalized spacial score (nSPS) is 47.7. The zero-order valence-electron chi connectivity index (χ0n) is 25.7. The van der Waals surface area contributed by atoms with E-state index in [0.717, 1.165) is 61.2 Å². The first-order chi connectivity index (χ1) is 18.9. The number of hydrogen-bond donors (Lipinski definition) is 2. The van der Waals surface area contributed by atoms with Gasteiger partial charge in [-0.1, -0.05) is 27.2 Å². The lowest BCUT2D eigenvalue weighted by Gasteiger charge is -2.56. The Bertz CT molecular complexity index is 769. The van der Waals surface area contributed by atoms with Crippen LogP contribution in [0.3, 0.4) is 0 Å². The topological polar surface area (TPSA) is 49.0 Å². The molecule has 4 saturated carbocycles. The molecule has 10 unspecified atom stereocenters. The van der Waals surface area contributed by atoms with Gasteiger partial charge in [-0.3, -0.25) is 20.4 Å². The van der Waals surface area contributed by atoms with E-state index in [0.29, 0.717) is 30.6 Å². The molecule has 2 saturated heterocycles. The fourth-order valence-corrected chi connectivity index (χ4v) is 9.61. The molecule has 0 aromatic rings. The summed E-state index contributed by atoms with van der Waals surface area (Å²) in [7, 11) is 0. The molecule has 0 spiro atoms. The predicted molar refractivity (Wildman–Crippen MR) is 158 cm³/mol. The maximum Gasteiger partial charge on any atom is 0.0654 e. The van der Waals surface area contributed by atoms with Gasteiger partial charge in [-0.05, 0) is 100 Å². The molecule has 6 aliphatic rings. The second-order valence-corrected chi connectivity index (χ2v) is 15.1. The van der Waals surface area contributed by atoms with Crippen molar-refractivity contribution < 1.29 is 9.47 Å². The van der Waals surface area contributed by atoms with Crippen LogP contribution in [-0.2, 0) is 9.47 Å². The van der Waals surface area contributed by atoms with Crippen molar-refractivity contribution in [1.29, 1.82) is 0 Å². The molecule has 39 heavy (non-hydrogen) atoms. The van der Waals surface area contributed by atoms with Gasteiger partial charge in [-0.25, -0.2) is 0 Å². The van der Waals surface area contributed by atoms with Gasteiger partial charge in [0.2, 0.25) is 0 Å². The Morgan fingerprint density at radius 1 is 0.692 bits per heavy atom. The van der Waals surface area contributed by atoms with Crippen molar-refractivity contribution in [2.75, 3.05) is 45.9 Å². The van der Waals surface area contributed by atoms with Crippen LogP contribution in [0.4, 0.5) is 0 Å². The largest absolute Gasteiger partial charge is 0.378 e. The summed E-state index contributed by atoms with van der Waals surface area (Å²) in [5.41, 5.74) is 0. The van der Waals surface area contributed by atoms with Crippen molar-refractivity contribution in [3.8, 4) is 0 Å². The van der Waals surface area contributed by atoms with Crippen LogP contribution in [0.15, 0.2) is 0 Å². The fourth-order valence-electron chi connectivity index (χ4n) is 9.61. The third-order valence-corrected chi connectivity index (χ3v) is 12.1. The van der Waals surface area contributed by atoms with Crippen molar-refractivity contribution in [3.63, 3.8) is 0 Å². The molecule has 4 aliphatic carbocycles. The first-order valence-corrected chi connectivity index (χ1v) is 17.1. The van der Waals surface area contributed by atoms with Crippen LogP contribution < -0.4 is 10.6 Å². The average Bonchev–Trinajstić information content (AvgIpc) is 2.91. The third-order valence-electron chi connectivity index (χ3n) is 12.1. The Hall–Kier alpha value is -0.240. The van der Waals surface area contributed by atoms with E-state index >= 15 is 0 Å². The number of rotatable bonds is 8. The van der Waals surface area contributed by atoms with E-state index in [2.05, 4.69) is 48.1 Å². The minimum absolute atomic E-state index is 0.399. The SMILES string of the molecule is CC1CC(OCCN2CCN(C3NC(C)NC4C5CCC(OCC6CCC(C)CC6C)CC5CCC43)CC2)C1. The standard InChI is InChI=1S/C33H60N4O2/c1-22-5-6-27(24(3)17-22)21-39-28-8-10-30-26(20-28)7-9-31-32(30)34-25(4)35-33(31)37-13-11-36(12-14-37)15-16-38-29-18-23(2)19-29/h22-35H,5-21H2,1-4H3. The van der Waals surface area contributed by atoms with Gasteiger partial charge in [0, 0.05) is 44.7 Å². The number of fused-ring (bicyclic) bond motifs is 3. The Morgan fingerprint density at radius 3 is 2.26 bits per heavy atom. The fraction of sp³-hybridized carbons (Fsp3) is 1.00. The molecule has 2 aliphatic heterocycles. The third kappa shape index (κ3) is 6.88. The second kappa shape index (κ2) is 13.0. The zero-order valence-corrected chi connectivity index (χ0v) is 25.7. The molecule has 6 fully saturated rings. The highest BCUT2D eigenvalue weighted by Gasteiger charge is 2.49. The number of nitrogens with one attached hydrogen (secondary N) is 2. The Morgan fingerprint density at radius 2 is 1.49 bits per heavy atom. The van der Waals surface area contributed by atoms with Crippen LogP contribution in [0.5, 0.6) is 0 Å². The van der Waals surface area contributed by atoms with E-state index < -0.39 is 0 Å². The molecule has 6 rings (SSSR count). The first kappa shape index (κ1) is 28.9. The summed E-state index contributed by atoms with van der Waals surface area (Å²) < 4.78 is 12.8. The molecule has 6 heteroatoms. The number of piperazine rings is 1. The molecule has 2 N–H and O–H groups in total. The van der Waals surface area contributed by atoms with Gasteiger partial charge in [0.05, 0.1) is 37.8 Å². The summed E-state index contributed by atoms with van der Waals surface area (Å²) >= 11 is 0. The predicted octanol–water partition coefficient (Wildman–Crippen LogP) is 4.94. The Labute approximate surface area is 239 Å². The summed E-state index contributed by atoms with van der Waals surface area (Å²) in [5.74, 6) is 5.84. The maximum absolute atomic E-state index is 6.66. The summed E-state index contributed by atoms with van der Waals surface area (Å²) in [6.45, 7) is 17.4. The molecule has 2 heterocycles. The summed E-state index contributed by atoms with van der Waals surface area (Å²) in [5, 5.41) is 8.04. The maximum atomic E-state index is 6.66. The van der Waals surface area contributed by atoms with E-state index in [-0.39, 0.29) is 0 Å². The molecular weight excluding hydrogens is 484 g/mol. The van der Waals surface area contributed by atoms with Crippen LogP contribution in [0.2, 0.25) is 0 Å². The summed E-state index contributed by atoms with van der Waals surface area (Å²) in [6, 6.07) is 0.669. The van der Waals surface area contributed by atoms with E-state index in [1.54, 1.807) is 0 Å². The smallest absolute Gasteiger partial charge is 0.0654 e. The van der Waals surface area contributed by atoms with Crippen molar-refractivity contribution in [1.82, 2.24) is 20.4 Å². The van der Waals surface area contributed by atoms with E-state index in [1.165, 1.54) is 90.4 Å². The Kier molecular flexibility index (Phi) is 9.59. The lowest BCUT2D eigenvalue weighted by atomic mass is 9.62. The minimum Gasteiger partial charge on any atom is -0.378 e. The highest BCUT2D eigenvalue weighted by atomic mass is 16.5. The lowest BCUT2D eigenvalue weighted by molar-refractivity contribution is -0.0794. The molecule has 0 radical (unpaired) electrons. The molecule has 224 valence electrons. The average molecular weight is 545 g/mol. The molecule has 6 nitrogen and oxygen atoms in total. The number of hydrogen-bond acceptors (Lipinski definition) is 6. The van der Waals surface area contributed by atoms with E-state index in [1.807, 2.05) is 0 Å². The summed E-state index contributed by atoms with van der Waals surface area (Å²) in [4.78, 5) is 5.43. The highest BCUT2D eigenvalue weighted by Crippen LogP contribution is 2.46. The second-order valence-electron chi connectivity index (χ2n) is 15.1. The van der Waals surface area contributed by atoms with Crippen LogP contribution in [-0.4, -0.2) is 86.3 Å². The van der Waals surface area contributed by atoms with Crippen molar-refractivity contribution in [2.45, 2.75) is 122 Å². The van der Waals surface area contributed by atoms with Gasteiger partial charge in [0.15, 0.2) is 0 Å². The highest BCUT2D eigenvalue weighted by molar-refractivity contribution is 5.03. The lowest BCUT2D eigenvalue weighted by Crippen LogP contribution is -2.71. The Balaban J connectivity index is 0.962. The van der Waals surface area contributed by atoms with Gasteiger partial charge in [-0.15, -0.1) is 0 Å². The van der Waals surface area contributed by atoms with Gasteiger partial charge in [-0.2, -0.15) is 0 Å². The van der Waals surface area contributed by atoms with Gasteiger partial charge in [0.25, 0.3) is 0 Å². The number of ether oxygens (including phenoxy) is 2. The van der Waals surface area contributed by atoms with Crippen molar-refractivity contribution >= 4 is 0 Å². The molecule has 0 aromatic carbocycles. The molecule has 0 amide bonds. The molecule has 0 bridgehead atoms. The van der Waals surface area contributed by atoms with Gasteiger partial charge < -0.3 is 9.47 Å². The zero-order chi connectivity index (χ0) is 26.9. The van der Waals surface area contributed by atoms with Gasteiger partial charge >= 0.3 is 0 Å². The summed E-state index contributed by atoms with van der Waals surface area (Å²) in [6.07, 6.45) is 15.4. The quantitative estimate of drug-likeness (QED) is 0.452.